The molecule has 2 aromatic heterocycles. The Kier molecular flexibility index (Phi) is 6.03. The Bertz CT molecular complexity index is 1420. The Morgan fingerprint density at radius 2 is 1.95 bits per heavy atom. The first-order valence-electron chi connectivity index (χ1n) is 12.7. The van der Waals surface area contributed by atoms with Gasteiger partial charge in [-0.3, -0.25) is 9.48 Å². The first-order chi connectivity index (χ1) is 18.1. The molecule has 2 heterocycles. The van der Waals surface area contributed by atoms with Gasteiger partial charge in [-0.1, -0.05) is 29.3 Å². The summed E-state index contributed by atoms with van der Waals surface area (Å²) >= 11 is 12.4. The lowest BCUT2D eigenvalue weighted by atomic mass is 9.46. The van der Waals surface area contributed by atoms with E-state index in [0.29, 0.717) is 40.4 Å². The monoisotopic (exact) mass is 560 g/mol. The van der Waals surface area contributed by atoms with Crippen molar-refractivity contribution in [1.29, 1.82) is 0 Å². The Morgan fingerprint density at radius 1 is 1.21 bits per heavy atom. The number of amides is 1. The summed E-state index contributed by atoms with van der Waals surface area (Å²) < 4.78 is 17.5. The van der Waals surface area contributed by atoms with Crippen LogP contribution in [0.15, 0.2) is 30.5 Å². The molecule has 0 spiro atoms. The number of nitro groups is 1. The van der Waals surface area contributed by atoms with Gasteiger partial charge in [0.2, 0.25) is 5.91 Å². The van der Waals surface area contributed by atoms with Crippen molar-refractivity contribution in [3.8, 4) is 0 Å². The van der Waals surface area contributed by atoms with Crippen LogP contribution in [0.1, 0.15) is 56.2 Å². The lowest BCUT2D eigenvalue weighted by Crippen LogP contribution is -2.57. The maximum Gasteiger partial charge on any atom is 0.408 e. The third-order valence-corrected chi connectivity index (χ3v) is 9.42. The van der Waals surface area contributed by atoms with Gasteiger partial charge in [-0.05, 0) is 79.8 Å². The second kappa shape index (κ2) is 9.05. The van der Waals surface area contributed by atoms with Crippen molar-refractivity contribution in [3.05, 3.63) is 67.7 Å². The van der Waals surface area contributed by atoms with Gasteiger partial charge in [0.25, 0.3) is 0 Å². The minimum absolute atomic E-state index is 0.0878. The summed E-state index contributed by atoms with van der Waals surface area (Å²) in [6.45, 7) is 1.93. The van der Waals surface area contributed by atoms with Crippen molar-refractivity contribution < 1.29 is 14.1 Å². The molecule has 4 saturated carbocycles. The Morgan fingerprint density at radius 3 is 2.61 bits per heavy atom. The average molecular weight is 561 g/mol. The molecule has 4 aliphatic rings. The fourth-order valence-electron chi connectivity index (χ4n) is 7.79. The number of nitrogens with one attached hydrogen (secondary N) is 1. The lowest BCUT2D eigenvalue weighted by molar-refractivity contribution is -0.389. The van der Waals surface area contributed by atoms with Crippen LogP contribution >= 0.6 is 23.2 Å². The molecule has 4 aliphatic carbocycles. The highest BCUT2D eigenvalue weighted by Gasteiger charge is 2.60. The van der Waals surface area contributed by atoms with E-state index in [2.05, 4.69) is 15.5 Å². The van der Waals surface area contributed by atoms with E-state index in [4.69, 9.17) is 23.2 Å². The van der Waals surface area contributed by atoms with E-state index in [9.17, 15) is 19.3 Å². The van der Waals surface area contributed by atoms with Crippen LogP contribution in [0.5, 0.6) is 0 Å². The quantitative estimate of drug-likeness (QED) is 0.277. The lowest BCUT2D eigenvalue weighted by Gasteiger charge is -2.61. The predicted molar refractivity (Wildman–Crippen MR) is 140 cm³/mol. The van der Waals surface area contributed by atoms with Crippen molar-refractivity contribution >= 4 is 40.7 Å². The van der Waals surface area contributed by atoms with Gasteiger partial charge in [0.05, 0.1) is 22.9 Å². The maximum atomic E-state index is 14.2. The van der Waals surface area contributed by atoms with Gasteiger partial charge in [-0.15, -0.1) is 0 Å². The molecule has 1 amide bonds. The molecule has 12 heteroatoms. The van der Waals surface area contributed by atoms with E-state index in [1.54, 1.807) is 36.0 Å². The SMILES string of the molecule is Cc1c(Cl)c([N+](=O)[O-])nn1C12CC3CC(CC(CC(=O)Nc4ccn(Cc5c(F)cccc5Cl)n4)(C3)C1)C2. The third-order valence-electron chi connectivity index (χ3n) is 8.63. The normalized spacial score (nSPS) is 27.6. The third kappa shape index (κ3) is 4.27. The largest absolute Gasteiger partial charge is 0.408 e. The molecule has 38 heavy (non-hydrogen) atoms. The average Bonchev–Trinajstić information content (AvgIpc) is 3.39. The molecule has 0 aliphatic heterocycles. The smallest absolute Gasteiger partial charge is 0.358 e. The van der Waals surface area contributed by atoms with Gasteiger partial charge >= 0.3 is 5.82 Å². The van der Waals surface area contributed by atoms with E-state index in [-0.39, 0.29) is 34.2 Å². The van der Waals surface area contributed by atoms with Gasteiger partial charge in [0.1, 0.15) is 5.82 Å². The summed E-state index contributed by atoms with van der Waals surface area (Å²) in [5, 5.41) is 23.6. The number of carbonyl (C=O) groups is 1. The highest BCUT2D eigenvalue weighted by molar-refractivity contribution is 6.33. The van der Waals surface area contributed by atoms with Crippen molar-refractivity contribution in [2.75, 3.05) is 5.32 Å². The molecule has 2 unspecified atom stereocenters. The first kappa shape index (κ1) is 25.3. The van der Waals surface area contributed by atoms with Crippen LogP contribution in [-0.4, -0.2) is 30.4 Å². The summed E-state index contributed by atoms with van der Waals surface area (Å²) in [7, 11) is 0. The van der Waals surface area contributed by atoms with Gasteiger partial charge in [-0.2, -0.15) is 9.78 Å². The highest BCUT2D eigenvalue weighted by Crippen LogP contribution is 2.65. The Balaban J connectivity index is 1.19. The number of benzene rings is 1. The van der Waals surface area contributed by atoms with Crippen LogP contribution in [0.2, 0.25) is 10.0 Å². The molecule has 3 aromatic rings. The highest BCUT2D eigenvalue weighted by atomic mass is 35.5. The van der Waals surface area contributed by atoms with Gasteiger partial charge in [0.15, 0.2) is 10.8 Å². The predicted octanol–water partition coefficient (Wildman–Crippen LogP) is 6.11. The van der Waals surface area contributed by atoms with E-state index >= 15 is 0 Å². The summed E-state index contributed by atoms with van der Waals surface area (Å²) in [6.07, 6.45) is 7.56. The van der Waals surface area contributed by atoms with Crippen molar-refractivity contribution in [1.82, 2.24) is 19.6 Å². The second-order valence-corrected chi connectivity index (χ2v) is 12.2. The summed E-state index contributed by atoms with van der Waals surface area (Å²) in [5.41, 5.74) is 0.369. The van der Waals surface area contributed by atoms with Crippen LogP contribution < -0.4 is 5.32 Å². The summed E-state index contributed by atoms with van der Waals surface area (Å²) in [4.78, 5) is 24.2. The molecule has 0 saturated heterocycles. The molecule has 7 rings (SSSR count). The zero-order valence-corrected chi connectivity index (χ0v) is 22.3. The number of carbonyl (C=O) groups excluding carboxylic acids is 1. The van der Waals surface area contributed by atoms with E-state index < -0.39 is 10.7 Å². The molecule has 200 valence electrons. The number of hydrogen-bond acceptors (Lipinski definition) is 5. The van der Waals surface area contributed by atoms with Crippen molar-refractivity contribution in [2.24, 2.45) is 17.3 Å². The van der Waals surface area contributed by atoms with Crippen LogP contribution in [0.25, 0.3) is 0 Å². The number of rotatable bonds is 7. The fourth-order valence-corrected chi connectivity index (χ4v) is 8.20. The van der Waals surface area contributed by atoms with Gasteiger partial charge < -0.3 is 15.4 Å². The number of halogens is 3. The standard InChI is InChI=1S/C26H27Cl2FN6O3/c1-15-23(28)24(35(37)38)32-34(15)26-10-16-7-17(11-26)9-25(8-16,14-26)12-22(36)30-21-5-6-33(31-21)13-18-19(27)3-2-4-20(18)29/h2-6,16-17H,7-14H2,1H3,(H,30,31,36). The van der Waals surface area contributed by atoms with E-state index in [1.807, 2.05) is 0 Å². The maximum absolute atomic E-state index is 14.2. The molecule has 4 bridgehead atoms. The number of nitrogens with zero attached hydrogens (tertiary/aromatic N) is 5. The molecule has 1 aromatic carbocycles. The van der Waals surface area contributed by atoms with Crippen LogP contribution in [-0.2, 0) is 16.9 Å². The van der Waals surface area contributed by atoms with Crippen LogP contribution in [0.4, 0.5) is 16.0 Å². The topological polar surface area (TPSA) is 108 Å². The Labute approximate surface area is 228 Å². The molecule has 4 fully saturated rings. The van der Waals surface area contributed by atoms with Gasteiger partial charge in [-0.25, -0.2) is 4.39 Å². The molecular formula is C26H27Cl2FN6O3. The minimum Gasteiger partial charge on any atom is -0.358 e. The molecule has 1 N–H and O–H groups in total. The van der Waals surface area contributed by atoms with Crippen LogP contribution in [0.3, 0.4) is 0 Å². The summed E-state index contributed by atoms with van der Waals surface area (Å²) in [6, 6.07) is 6.21. The number of anilines is 1. The Hall–Kier alpha value is -2.98. The fraction of sp³-hybridized carbons (Fsp3) is 0.500. The van der Waals surface area contributed by atoms with E-state index in [0.717, 1.165) is 38.5 Å². The van der Waals surface area contributed by atoms with Gasteiger partial charge in [0, 0.05) is 29.3 Å². The number of aromatic nitrogens is 4. The molecule has 2 atom stereocenters. The molecule has 9 nitrogen and oxygen atoms in total. The summed E-state index contributed by atoms with van der Waals surface area (Å²) in [5.74, 6) is 0.433. The molecular weight excluding hydrogens is 534 g/mol. The zero-order chi connectivity index (χ0) is 26.8. The van der Waals surface area contributed by atoms with Crippen molar-refractivity contribution in [3.63, 3.8) is 0 Å². The zero-order valence-electron chi connectivity index (χ0n) is 20.8. The van der Waals surface area contributed by atoms with E-state index in [1.165, 1.54) is 10.7 Å². The van der Waals surface area contributed by atoms with Crippen molar-refractivity contribution in [2.45, 2.75) is 64.0 Å². The molecule has 0 radical (unpaired) electrons. The number of hydrogen-bond donors (Lipinski definition) is 1. The van der Waals surface area contributed by atoms with Crippen LogP contribution in [0, 0.1) is 40.1 Å². The first-order valence-corrected chi connectivity index (χ1v) is 13.5. The minimum atomic E-state index is -0.533. The second-order valence-electron chi connectivity index (χ2n) is 11.4.